The summed E-state index contributed by atoms with van der Waals surface area (Å²) >= 11 is 5.79. The molecule has 11 heteroatoms. The van der Waals surface area contributed by atoms with E-state index in [2.05, 4.69) is 10.6 Å². The Kier molecular flexibility index (Phi) is 8.11. The van der Waals surface area contributed by atoms with Gasteiger partial charge in [0.2, 0.25) is 11.8 Å². The molecule has 2 aromatic carbocycles. The van der Waals surface area contributed by atoms with Gasteiger partial charge in [0.15, 0.2) is 5.78 Å². The third-order valence-electron chi connectivity index (χ3n) is 6.52. The highest BCUT2D eigenvalue weighted by Crippen LogP contribution is 2.26. The fourth-order valence-electron chi connectivity index (χ4n) is 4.64. The summed E-state index contributed by atoms with van der Waals surface area (Å²) in [5.41, 5.74) is 1.38. The normalized spacial score (nSPS) is 17.0. The summed E-state index contributed by atoms with van der Waals surface area (Å²) in [7, 11) is 0. The van der Waals surface area contributed by atoms with Gasteiger partial charge in [-0.05, 0) is 32.0 Å². The van der Waals surface area contributed by atoms with Crippen LogP contribution >= 0.6 is 11.6 Å². The van der Waals surface area contributed by atoms with E-state index in [4.69, 9.17) is 11.6 Å². The first kappa shape index (κ1) is 27.3. The van der Waals surface area contributed by atoms with Crippen LogP contribution in [-0.2, 0) is 22.7 Å². The molecule has 1 aliphatic rings. The number of nitrogens with zero attached hydrogens (tertiary/aromatic N) is 2. The Morgan fingerprint density at radius 1 is 1.13 bits per heavy atom. The molecule has 1 saturated heterocycles. The second-order valence-electron chi connectivity index (χ2n) is 9.14. The molecule has 0 unspecified atom stereocenters. The van der Waals surface area contributed by atoms with Crippen molar-refractivity contribution in [1.29, 1.82) is 0 Å². The molecule has 38 heavy (non-hydrogen) atoms. The van der Waals surface area contributed by atoms with Crippen LogP contribution in [0.25, 0.3) is 10.9 Å². The van der Waals surface area contributed by atoms with Crippen LogP contribution in [0.2, 0.25) is 5.02 Å². The summed E-state index contributed by atoms with van der Waals surface area (Å²) in [5, 5.41) is 5.76. The Morgan fingerprint density at radius 2 is 1.89 bits per heavy atom. The van der Waals surface area contributed by atoms with Crippen LogP contribution in [0.5, 0.6) is 0 Å². The van der Waals surface area contributed by atoms with Crippen molar-refractivity contribution in [1.82, 2.24) is 20.1 Å². The highest BCUT2D eigenvalue weighted by molar-refractivity contribution is 6.30. The number of Topliss-reactive ketones (excluding diaryl/α,β-unsaturated/α-hetero) is 1. The average Bonchev–Trinajstić information content (AvgIpc) is 3.45. The molecule has 4 rings (SSSR count). The highest BCUT2D eigenvalue weighted by Gasteiger charge is 2.39. The number of halogens is 3. The van der Waals surface area contributed by atoms with Crippen LogP contribution in [0, 0.1) is 5.82 Å². The van der Waals surface area contributed by atoms with E-state index in [9.17, 15) is 28.0 Å². The van der Waals surface area contributed by atoms with Gasteiger partial charge in [-0.1, -0.05) is 29.8 Å². The lowest BCUT2D eigenvalue weighted by molar-refractivity contribution is -0.139. The molecule has 1 aliphatic heterocycles. The molecule has 8 nitrogen and oxygen atoms in total. The van der Waals surface area contributed by atoms with Crippen molar-refractivity contribution >= 4 is 46.0 Å². The van der Waals surface area contributed by atoms with Gasteiger partial charge in [0.05, 0.1) is 17.1 Å². The van der Waals surface area contributed by atoms with Gasteiger partial charge in [-0.2, -0.15) is 0 Å². The smallest absolute Gasteiger partial charge is 0.251 e. The number of ketones is 1. The number of likely N-dealkylation sites (tertiary alicyclic amines) is 1. The largest absolute Gasteiger partial charge is 0.352 e. The maximum absolute atomic E-state index is 14.4. The molecular weight excluding hydrogens is 518 g/mol. The minimum absolute atomic E-state index is 0.0857. The van der Waals surface area contributed by atoms with Gasteiger partial charge >= 0.3 is 0 Å². The van der Waals surface area contributed by atoms with Crippen molar-refractivity contribution < 1.29 is 28.0 Å². The first-order valence-corrected chi connectivity index (χ1v) is 12.5. The zero-order valence-electron chi connectivity index (χ0n) is 20.9. The van der Waals surface area contributed by atoms with Crippen LogP contribution in [-0.4, -0.2) is 58.3 Å². The van der Waals surface area contributed by atoms with E-state index in [-0.39, 0.29) is 48.3 Å². The first-order chi connectivity index (χ1) is 18.1. The quantitative estimate of drug-likeness (QED) is 0.423. The van der Waals surface area contributed by atoms with Crippen molar-refractivity contribution in [3.8, 4) is 0 Å². The molecule has 2 N–H and O–H groups in total. The number of hydrogen-bond donors (Lipinski definition) is 2. The number of nitrogens with one attached hydrogen (secondary N) is 2. The van der Waals surface area contributed by atoms with Crippen LogP contribution in [0.4, 0.5) is 8.78 Å². The topological polar surface area (TPSA) is 101 Å². The van der Waals surface area contributed by atoms with Crippen LogP contribution in [0.3, 0.4) is 0 Å². The van der Waals surface area contributed by atoms with E-state index in [0.717, 1.165) is 4.90 Å². The molecule has 3 amide bonds. The maximum Gasteiger partial charge on any atom is 0.251 e. The highest BCUT2D eigenvalue weighted by atomic mass is 35.5. The van der Waals surface area contributed by atoms with Crippen LogP contribution in [0.1, 0.15) is 46.5 Å². The summed E-state index contributed by atoms with van der Waals surface area (Å²) in [6, 6.07) is 8.15. The van der Waals surface area contributed by atoms with E-state index >= 15 is 0 Å². The Morgan fingerprint density at radius 3 is 2.61 bits per heavy atom. The van der Waals surface area contributed by atoms with Crippen molar-refractivity contribution in [3.63, 3.8) is 0 Å². The maximum atomic E-state index is 14.4. The number of hydrogen-bond acceptors (Lipinski definition) is 4. The van der Waals surface area contributed by atoms with Gasteiger partial charge in [0.1, 0.15) is 24.6 Å². The van der Waals surface area contributed by atoms with Gasteiger partial charge in [-0.3, -0.25) is 19.2 Å². The number of aromatic nitrogens is 1. The predicted molar refractivity (Wildman–Crippen MR) is 138 cm³/mol. The molecule has 3 aromatic rings. The number of carbonyl (C=O) groups is 4. The summed E-state index contributed by atoms with van der Waals surface area (Å²) < 4.78 is 30.1. The lowest BCUT2D eigenvalue weighted by atomic mass is 10.1. The minimum atomic E-state index is -1.41. The van der Waals surface area contributed by atoms with Crippen molar-refractivity contribution in [3.05, 3.63) is 70.1 Å². The Bertz CT molecular complexity index is 1420. The molecule has 0 radical (unpaired) electrons. The molecule has 1 fully saturated rings. The molecular formula is C27H27ClF2N4O4. The van der Waals surface area contributed by atoms with Gasteiger partial charge in [-0.25, -0.2) is 8.78 Å². The molecule has 2 heterocycles. The van der Waals surface area contributed by atoms with Gasteiger partial charge < -0.3 is 20.1 Å². The molecule has 200 valence electrons. The van der Waals surface area contributed by atoms with Gasteiger partial charge in [0, 0.05) is 47.8 Å². The Hall–Kier alpha value is -3.79. The monoisotopic (exact) mass is 544 g/mol. The number of rotatable bonds is 8. The molecule has 1 aromatic heterocycles. The van der Waals surface area contributed by atoms with Crippen molar-refractivity contribution in [2.24, 2.45) is 0 Å². The minimum Gasteiger partial charge on any atom is -0.352 e. The summed E-state index contributed by atoms with van der Waals surface area (Å²) in [5.74, 6) is -2.33. The molecule has 2 atom stereocenters. The number of alkyl halides is 1. The van der Waals surface area contributed by atoms with Gasteiger partial charge in [0.25, 0.3) is 5.91 Å². The zero-order chi connectivity index (χ0) is 27.6. The van der Waals surface area contributed by atoms with Crippen molar-refractivity contribution in [2.75, 3.05) is 13.1 Å². The van der Waals surface area contributed by atoms with E-state index in [1.54, 1.807) is 31.2 Å². The number of benzene rings is 2. The Labute approximate surface area is 222 Å². The van der Waals surface area contributed by atoms with E-state index in [0.29, 0.717) is 28.6 Å². The summed E-state index contributed by atoms with van der Waals surface area (Å²) in [6.45, 7) is 2.90. The van der Waals surface area contributed by atoms with E-state index < -0.39 is 29.8 Å². The zero-order valence-corrected chi connectivity index (χ0v) is 21.6. The standard InChI is InChI=1S/C27H27ClF2N4O4/c1-3-31-26(37)16-7-8-19-20(15(2)35)13-33(22(19)9-16)14-24(36)34-12-18(29)10-23(34)27(38)32-11-17-5-4-6-21(28)25(17)30/h4-9,13,18,23H,3,10-12,14H2,1-2H3,(H,31,37)(H,32,38)/t18-,23+/m1/s1. The molecule has 0 bridgehead atoms. The second kappa shape index (κ2) is 11.3. The molecule has 0 aliphatic carbocycles. The molecule has 0 saturated carbocycles. The fourth-order valence-corrected chi connectivity index (χ4v) is 4.83. The third-order valence-corrected chi connectivity index (χ3v) is 6.82. The average molecular weight is 545 g/mol. The number of fused-ring (bicyclic) bond motifs is 1. The van der Waals surface area contributed by atoms with Crippen LogP contribution in [0.15, 0.2) is 42.6 Å². The summed E-state index contributed by atoms with van der Waals surface area (Å²) in [6.07, 6.45) is -0.0785. The van der Waals surface area contributed by atoms with E-state index in [1.807, 2.05) is 0 Å². The second-order valence-corrected chi connectivity index (χ2v) is 9.55. The third kappa shape index (κ3) is 5.55. The van der Waals surface area contributed by atoms with E-state index in [1.165, 1.54) is 29.8 Å². The summed E-state index contributed by atoms with van der Waals surface area (Å²) in [4.78, 5) is 51.9. The molecule has 0 spiro atoms. The first-order valence-electron chi connectivity index (χ1n) is 12.2. The lowest BCUT2D eigenvalue weighted by Crippen LogP contribution is -2.46. The number of carbonyl (C=O) groups excluding carboxylic acids is 4. The number of amides is 3. The fraction of sp³-hybridized carbons (Fsp3) is 0.333. The lowest BCUT2D eigenvalue weighted by Gasteiger charge is -2.24. The van der Waals surface area contributed by atoms with Gasteiger partial charge in [-0.15, -0.1) is 0 Å². The predicted octanol–water partition coefficient (Wildman–Crippen LogP) is 3.64. The van der Waals surface area contributed by atoms with Crippen molar-refractivity contribution in [2.45, 2.75) is 45.6 Å². The SMILES string of the molecule is CCNC(=O)c1ccc2c(C(C)=O)cn(CC(=O)N3C[C@H](F)C[C@H]3C(=O)NCc3cccc(Cl)c3F)c2c1. The van der Waals surface area contributed by atoms with Crippen LogP contribution < -0.4 is 10.6 Å². The Balaban J connectivity index is 1.56.